The summed E-state index contributed by atoms with van der Waals surface area (Å²) in [7, 11) is 6.26. The van der Waals surface area contributed by atoms with Gasteiger partial charge in [-0.2, -0.15) is 0 Å². The highest BCUT2D eigenvalue weighted by atomic mass is 16.5. The van der Waals surface area contributed by atoms with Crippen molar-refractivity contribution in [1.29, 1.82) is 0 Å². The van der Waals surface area contributed by atoms with Gasteiger partial charge in [0.25, 0.3) is 0 Å². The number of benzene rings is 2. The number of carbonyl (C=O) groups excluding carboxylic acids is 1. The van der Waals surface area contributed by atoms with Gasteiger partial charge in [-0.05, 0) is 44.2 Å². The number of carbonyl (C=O) groups is 1. The summed E-state index contributed by atoms with van der Waals surface area (Å²) in [6.07, 6.45) is 3.82. The Morgan fingerprint density at radius 2 is 1.77 bits per heavy atom. The summed E-state index contributed by atoms with van der Waals surface area (Å²) in [5.41, 5.74) is 1.20. The highest BCUT2D eigenvalue weighted by molar-refractivity contribution is 5.92. The molecule has 166 valence electrons. The van der Waals surface area contributed by atoms with Gasteiger partial charge in [-0.1, -0.05) is 0 Å². The van der Waals surface area contributed by atoms with Crippen molar-refractivity contribution in [1.82, 2.24) is 5.32 Å². The van der Waals surface area contributed by atoms with E-state index in [4.69, 9.17) is 23.7 Å². The van der Waals surface area contributed by atoms with Crippen LogP contribution in [0.4, 0.5) is 0 Å². The number of methoxy groups -OCH3 is 4. The Hall–Kier alpha value is -3.35. The third-order valence-electron chi connectivity index (χ3n) is 5.14. The van der Waals surface area contributed by atoms with E-state index in [0.717, 1.165) is 5.56 Å². The van der Waals surface area contributed by atoms with Crippen LogP contribution in [0.15, 0.2) is 36.4 Å². The number of amides is 1. The molecule has 0 aromatic heterocycles. The summed E-state index contributed by atoms with van der Waals surface area (Å²) in [5, 5.41) is 3.08. The molecule has 7 nitrogen and oxygen atoms in total. The smallest absolute Gasteiger partial charge is 0.244 e. The molecule has 0 radical (unpaired) electrons. The van der Waals surface area contributed by atoms with E-state index in [2.05, 4.69) is 5.32 Å². The van der Waals surface area contributed by atoms with Gasteiger partial charge in [-0.15, -0.1) is 0 Å². The van der Waals surface area contributed by atoms with Crippen LogP contribution in [0.5, 0.6) is 28.7 Å². The Morgan fingerprint density at radius 1 is 1.03 bits per heavy atom. The summed E-state index contributed by atoms with van der Waals surface area (Å²) in [4.78, 5) is 12.7. The second-order valence-electron chi connectivity index (χ2n) is 7.79. The van der Waals surface area contributed by atoms with Crippen molar-refractivity contribution in [2.24, 2.45) is 0 Å². The number of fused-ring (bicyclic) bond motifs is 1. The van der Waals surface area contributed by atoms with E-state index in [9.17, 15) is 4.79 Å². The maximum atomic E-state index is 12.7. The van der Waals surface area contributed by atoms with Gasteiger partial charge in [0, 0.05) is 29.7 Å². The first kappa shape index (κ1) is 22.3. The van der Waals surface area contributed by atoms with Gasteiger partial charge < -0.3 is 29.0 Å². The molecule has 2 aromatic carbocycles. The van der Waals surface area contributed by atoms with Crippen LogP contribution in [-0.4, -0.2) is 39.9 Å². The molecule has 1 heterocycles. The van der Waals surface area contributed by atoms with Crippen molar-refractivity contribution in [3.05, 3.63) is 47.5 Å². The quantitative estimate of drug-likeness (QED) is 0.669. The summed E-state index contributed by atoms with van der Waals surface area (Å²) in [5.74, 6) is 2.73. The highest BCUT2D eigenvalue weighted by Gasteiger charge is 2.34. The van der Waals surface area contributed by atoms with Crippen molar-refractivity contribution in [3.8, 4) is 28.7 Å². The fraction of sp³-hybridized carbons (Fsp3) is 0.375. The SMILES string of the molecule is COc1ccc2c(c1)OC(C)(C)C[C@@H]2NC(=O)/C=C/c1ccc(OC)c(OC)c1OC. The van der Waals surface area contributed by atoms with Crippen LogP contribution in [0.25, 0.3) is 6.08 Å². The lowest BCUT2D eigenvalue weighted by Crippen LogP contribution is -2.40. The summed E-state index contributed by atoms with van der Waals surface area (Å²) in [6, 6.07) is 9.03. The molecule has 3 rings (SSSR count). The Kier molecular flexibility index (Phi) is 6.63. The van der Waals surface area contributed by atoms with Crippen molar-refractivity contribution >= 4 is 12.0 Å². The van der Waals surface area contributed by atoms with Crippen LogP contribution in [0.2, 0.25) is 0 Å². The molecule has 0 aliphatic carbocycles. The zero-order valence-electron chi connectivity index (χ0n) is 18.8. The normalized spacial score (nSPS) is 16.8. The largest absolute Gasteiger partial charge is 0.497 e. The fourth-order valence-corrected chi connectivity index (χ4v) is 3.73. The van der Waals surface area contributed by atoms with Crippen LogP contribution in [0.3, 0.4) is 0 Å². The third-order valence-corrected chi connectivity index (χ3v) is 5.14. The Morgan fingerprint density at radius 3 is 2.42 bits per heavy atom. The minimum absolute atomic E-state index is 0.186. The standard InChI is InChI=1S/C24H29NO6/c1-24(2)14-18(17-10-9-16(27-3)13-20(17)31-24)25-21(26)12-8-15-7-11-19(28-4)23(30-6)22(15)29-5/h7-13,18H,14H2,1-6H3,(H,25,26)/b12-8+/t18-/m0/s1. The molecule has 7 heteroatoms. The van der Waals surface area contributed by atoms with Crippen molar-refractivity contribution < 1.29 is 28.5 Å². The molecule has 0 spiro atoms. The number of rotatable bonds is 7. The first-order valence-electron chi connectivity index (χ1n) is 9.96. The molecule has 0 saturated carbocycles. The lowest BCUT2D eigenvalue weighted by atomic mass is 9.89. The molecule has 2 aromatic rings. The molecule has 0 unspecified atom stereocenters. The van der Waals surface area contributed by atoms with E-state index >= 15 is 0 Å². The van der Waals surface area contributed by atoms with Gasteiger partial charge in [0.15, 0.2) is 11.5 Å². The molecule has 1 N–H and O–H groups in total. The van der Waals surface area contributed by atoms with Gasteiger partial charge in [0.05, 0.1) is 34.5 Å². The number of nitrogens with one attached hydrogen (secondary N) is 1. The lowest BCUT2D eigenvalue weighted by Gasteiger charge is -2.37. The van der Waals surface area contributed by atoms with E-state index in [1.165, 1.54) is 6.08 Å². The van der Waals surface area contributed by atoms with Crippen LogP contribution >= 0.6 is 0 Å². The predicted octanol–water partition coefficient (Wildman–Crippen LogP) is 4.15. The number of hydrogen-bond acceptors (Lipinski definition) is 6. The fourth-order valence-electron chi connectivity index (χ4n) is 3.73. The minimum atomic E-state index is -0.423. The highest BCUT2D eigenvalue weighted by Crippen LogP contribution is 2.42. The zero-order valence-corrected chi connectivity index (χ0v) is 18.8. The van der Waals surface area contributed by atoms with Crippen LogP contribution in [-0.2, 0) is 4.79 Å². The average Bonchev–Trinajstić information content (AvgIpc) is 2.75. The molecular formula is C24H29NO6. The average molecular weight is 427 g/mol. The van der Waals surface area contributed by atoms with Gasteiger partial charge in [-0.25, -0.2) is 0 Å². The van der Waals surface area contributed by atoms with E-state index in [0.29, 0.717) is 40.7 Å². The van der Waals surface area contributed by atoms with Crippen LogP contribution in [0, 0.1) is 0 Å². The first-order chi connectivity index (χ1) is 14.8. The monoisotopic (exact) mass is 427 g/mol. The van der Waals surface area contributed by atoms with Crippen molar-refractivity contribution in [3.63, 3.8) is 0 Å². The first-order valence-corrected chi connectivity index (χ1v) is 9.96. The molecule has 1 atom stereocenters. The van der Waals surface area contributed by atoms with E-state index < -0.39 is 5.60 Å². The minimum Gasteiger partial charge on any atom is -0.497 e. The zero-order chi connectivity index (χ0) is 22.6. The maximum Gasteiger partial charge on any atom is 0.244 e. The predicted molar refractivity (Wildman–Crippen MR) is 118 cm³/mol. The molecule has 1 amide bonds. The van der Waals surface area contributed by atoms with E-state index in [-0.39, 0.29) is 11.9 Å². The van der Waals surface area contributed by atoms with Gasteiger partial charge in [-0.3, -0.25) is 4.79 Å². The van der Waals surface area contributed by atoms with Crippen molar-refractivity contribution in [2.75, 3.05) is 28.4 Å². The summed E-state index contributed by atoms with van der Waals surface area (Å²) in [6.45, 7) is 4.00. The number of hydrogen-bond donors (Lipinski definition) is 1. The lowest BCUT2D eigenvalue weighted by molar-refractivity contribution is -0.117. The van der Waals surface area contributed by atoms with Gasteiger partial charge in [0.2, 0.25) is 11.7 Å². The van der Waals surface area contributed by atoms with Crippen LogP contribution in [0.1, 0.15) is 37.4 Å². The topological polar surface area (TPSA) is 75.3 Å². The molecule has 1 aliphatic rings. The molecule has 1 aliphatic heterocycles. The molecule has 0 bridgehead atoms. The Bertz CT molecular complexity index is 982. The van der Waals surface area contributed by atoms with E-state index in [1.54, 1.807) is 40.6 Å². The summed E-state index contributed by atoms with van der Waals surface area (Å²) < 4.78 is 27.6. The Labute approximate surface area is 182 Å². The molecule has 31 heavy (non-hydrogen) atoms. The van der Waals surface area contributed by atoms with E-state index in [1.807, 2.05) is 38.1 Å². The molecule has 0 fully saturated rings. The second kappa shape index (κ2) is 9.20. The van der Waals surface area contributed by atoms with Gasteiger partial charge in [0.1, 0.15) is 17.1 Å². The second-order valence-corrected chi connectivity index (χ2v) is 7.79. The number of ether oxygens (including phenoxy) is 5. The van der Waals surface area contributed by atoms with Crippen LogP contribution < -0.4 is 29.0 Å². The molecule has 0 saturated heterocycles. The summed E-state index contributed by atoms with van der Waals surface area (Å²) >= 11 is 0. The van der Waals surface area contributed by atoms with Gasteiger partial charge >= 0.3 is 0 Å². The Balaban J connectivity index is 1.82. The van der Waals surface area contributed by atoms with Crippen molar-refractivity contribution in [2.45, 2.75) is 31.9 Å². The third kappa shape index (κ3) is 4.87. The maximum absolute atomic E-state index is 12.7. The molecular weight excluding hydrogens is 398 g/mol.